The van der Waals surface area contributed by atoms with E-state index in [1.165, 1.54) is 7.11 Å². The highest BCUT2D eigenvalue weighted by Crippen LogP contribution is 2.26. The van der Waals surface area contributed by atoms with E-state index < -0.39 is 0 Å². The molecule has 0 atom stereocenters. The predicted octanol–water partition coefficient (Wildman–Crippen LogP) is 0.819. The van der Waals surface area contributed by atoms with Crippen molar-refractivity contribution in [2.75, 3.05) is 7.11 Å². The lowest BCUT2D eigenvalue weighted by Crippen LogP contribution is -2.03. The van der Waals surface area contributed by atoms with Crippen molar-refractivity contribution in [1.82, 2.24) is 0 Å². The van der Waals surface area contributed by atoms with Crippen LogP contribution in [0.1, 0.15) is 5.56 Å². The van der Waals surface area contributed by atoms with Crippen LogP contribution in [0.15, 0.2) is 18.2 Å². The lowest BCUT2D eigenvalue weighted by atomic mass is 10.2. The van der Waals surface area contributed by atoms with E-state index in [4.69, 9.17) is 15.9 Å². The highest BCUT2D eigenvalue weighted by atomic mass is 16.6. The fraction of sp³-hybridized carbons (Fsp3) is 0.125. The summed E-state index contributed by atoms with van der Waals surface area (Å²) in [5.41, 5.74) is 0.507. The molecule has 0 bridgehead atoms. The van der Waals surface area contributed by atoms with Crippen LogP contribution in [0.3, 0.4) is 0 Å². The summed E-state index contributed by atoms with van der Waals surface area (Å²) in [7, 11) is 1.49. The van der Waals surface area contributed by atoms with Gasteiger partial charge < -0.3 is 9.57 Å². The van der Waals surface area contributed by atoms with E-state index in [1.54, 1.807) is 18.2 Å². The third-order valence-corrected chi connectivity index (χ3v) is 1.42. The molecule has 2 N–H and O–H groups in total. The van der Waals surface area contributed by atoms with Crippen molar-refractivity contribution in [3.63, 3.8) is 0 Å². The van der Waals surface area contributed by atoms with Crippen LogP contribution in [0.5, 0.6) is 11.5 Å². The normalized spacial score (nSPS) is 8.75. The minimum absolute atomic E-state index is 0.413. The summed E-state index contributed by atoms with van der Waals surface area (Å²) in [4.78, 5) is 4.50. The van der Waals surface area contributed by atoms with Crippen molar-refractivity contribution in [3.8, 4) is 17.6 Å². The average Bonchev–Trinajstić information content (AvgIpc) is 2.16. The van der Waals surface area contributed by atoms with Gasteiger partial charge in [-0.05, 0) is 12.1 Å². The van der Waals surface area contributed by atoms with Gasteiger partial charge in [-0.25, -0.2) is 0 Å². The van der Waals surface area contributed by atoms with Crippen LogP contribution >= 0.6 is 0 Å². The summed E-state index contributed by atoms with van der Waals surface area (Å²) in [6.07, 6.45) is 0. The molecule has 0 aromatic heterocycles. The number of methoxy groups -OCH3 is 1. The Labute approximate surface area is 70.1 Å². The lowest BCUT2D eigenvalue weighted by molar-refractivity contribution is 0.306. The molecule has 0 fully saturated rings. The Balaban J connectivity index is 3.13. The van der Waals surface area contributed by atoms with Gasteiger partial charge in [-0.2, -0.15) is 11.2 Å². The molecule has 0 amide bonds. The first kappa shape index (κ1) is 8.37. The third-order valence-electron chi connectivity index (χ3n) is 1.42. The van der Waals surface area contributed by atoms with Crippen LogP contribution in [0.4, 0.5) is 0 Å². The van der Waals surface area contributed by atoms with E-state index in [-0.39, 0.29) is 0 Å². The Bertz CT molecular complexity index is 317. The van der Waals surface area contributed by atoms with Gasteiger partial charge in [0.25, 0.3) is 0 Å². The number of nitrogens with two attached hydrogens (primary N) is 1. The van der Waals surface area contributed by atoms with Crippen LogP contribution in [-0.2, 0) is 0 Å². The molecule has 4 heteroatoms. The zero-order valence-electron chi connectivity index (χ0n) is 6.57. The second-order valence-electron chi connectivity index (χ2n) is 2.10. The fourth-order valence-electron chi connectivity index (χ4n) is 0.834. The summed E-state index contributed by atoms with van der Waals surface area (Å²) >= 11 is 0. The molecule has 0 unspecified atom stereocenters. The lowest BCUT2D eigenvalue weighted by Gasteiger charge is -2.05. The maximum atomic E-state index is 8.54. The van der Waals surface area contributed by atoms with Crippen molar-refractivity contribution in [3.05, 3.63) is 23.8 Å². The van der Waals surface area contributed by atoms with Crippen molar-refractivity contribution in [2.45, 2.75) is 0 Å². The van der Waals surface area contributed by atoms with Crippen LogP contribution < -0.4 is 15.5 Å². The van der Waals surface area contributed by atoms with Gasteiger partial charge in [0.2, 0.25) is 0 Å². The molecule has 4 nitrogen and oxygen atoms in total. The first-order valence-electron chi connectivity index (χ1n) is 3.26. The number of benzene rings is 1. The van der Waals surface area contributed by atoms with Crippen molar-refractivity contribution < 1.29 is 9.57 Å². The molecule has 0 saturated carbocycles. The van der Waals surface area contributed by atoms with E-state index in [0.717, 1.165) is 0 Å². The molecule has 0 aliphatic carbocycles. The molecule has 0 saturated heterocycles. The molecule has 0 radical (unpaired) electrons. The van der Waals surface area contributed by atoms with E-state index in [1.807, 2.05) is 6.07 Å². The highest BCUT2D eigenvalue weighted by Gasteiger charge is 2.03. The molecular weight excluding hydrogens is 156 g/mol. The maximum absolute atomic E-state index is 8.54. The van der Waals surface area contributed by atoms with Crippen molar-refractivity contribution in [1.29, 1.82) is 5.26 Å². The van der Waals surface area contributed by atoms with Gasteiger partial charge in [0.1, 0.15) is 0 Å². The molecule has 1 aromatic rings. The monoisotopic (exact) mass is 164 g/mol. The third kappa shape index (κ3) is 1.47. The standard InChI is InChI=1S/C8H8N2O2/c1-11-8-4-6(5-9)2-3-7(8)12-10/h2-4H,10H2,1H3. The molecular formula is C8H8N2O2. The SMILES string of the molecule is COc1cc(C#N)ccc1ON. The minimum atomic E-state index is 0.413. The van der Waals surface area contributed by atoms with Crippen molar-refractivity contribution >= 4 is 0 Å². The van der Waals surface area contributed by atoms with Gasteiger partial charge in [0.15, 0.2) is 11.5 Å². The van der Waals surface area contributed by atoms with Gasteiger partial charge >= 0.3 is 0 Å². The first-order valence-corrected chi connectivity index (χ1v) is 3.26. The van der Waals surface area contributed by atoms with Crippen LogP contribution in [0, 0.1) is 11.3 Å². The highest BCUT2D eigenvalue weighted by molar-refractivity contribution is 5.46. The summed E-state index contributed by atoms with van der Waals surface area (Å²) in [5, 5.41) is 8.54. The van der Waals surface area contributed by atoms with E-state index in [0.29, 0.717) is 17.1 Å². The van der Waals surface area contributed by atoms with E-state index in [2.05, 4.69) is 4.84 Å². The maximum Gasteiger partial charge on any atom is 0.188 e. The summed E-state index contributed by atoms with van der Waals surface area (Å²) < 4.78 is 4.92. The molecule has 0 spiro atoms. The van der Waals surface area contributed by atoms with Gasteiger partial charge in [-0.3, -0.25) is 0 Å². The zero-order chi connectivity index (χ0) is 8.97. The summed E-state index contributed by atoms with van der Waals surface area (Å²) in [5.74, 6) is 5.82. The second-order valence-corrected chi connectivity index (χ2v) is 2.10. The Morgan fingerprint density at radius 2 is 2.17 bits per heavy atom. The Morgan fingerprint density at radius 3 is 2.67 bits per heavy atom. The molecule has 1 rings (SSSR count). The van der Waals surface area contributed by atoms with Crippen LogP contribution in [-0.4, -0.2) is 7.11 Å². The van der Waals surface area contributed by atoms with Crippen LogP contribution in [0.25, 0.3) is 0 Å². The van der Waals surface area contributed by atoms with Gasteiger partial charge in [-0.1, -0.05) is 0 Å². The minimum Gasteiger partial charge on any atom is -0.493 e. The number of hydrogen-bond acceptors (Lipinski definition) is 4. The first-order chi connectivity index (χ1) is 5.81. The Kier molecular flexibility index (Phi) is 2.51. The van der Waals surface area contributed by atoms with Crippen molar-refractivity contribution in [2.24, 2.45) is 5.90 Å². The average molecular weight is 164 g/mol. The summed E-state index contributed by atoms with van der Waals surface area (Å²) in [6.45, 7) is 0. The Hall–Kier alpha value is -1.73. The molecule has 0 aliphatic heterocycles. The largest absolute Gasteiger partial charge is 0.493 e. The number of ether oxygens (including phenoxy) is 1. The second kappa shape index (κ2) is 3.60. The van der Waals surface area contributed by atoms with Crippen LogP contribution in [0.2, 0.25) is 0 Å². The Morgan fingerprint density at radius 1 is 1.42 bits per heavy atom. The molecule has 0 aliphatic rings. The topological polar surface area (TPSA) is 68.3 Å². The number of nitriles is 1. The summed E-state index contributed by atoms with van der Waals surface area (Å²) in [6, 6.07) is 6.72. The number of rotatable bonds is 2. The molecule has 12 heavy (non-hydrogen) atoms. The fourth-order valence-corrected chi connectivity index (χ4v) is 0.834. The smallest absolute Gasteiger partial charge is 0.188 e. The van der Waals surface area contributed by atoms with Gasteiger partial charge in [-0.15, -0.1) is 0 Å². The van der Waals surface area contributed by atoms with Gasteiger partial charge in [0.05, 0.1) is 18.7 Å². The molecule has 62 valence electrons. The van der Waals surface area contributed by atoms with E-state index in [9.17, 15) is 0 Å². The number of nitrogens with zero attached hydrogens (tertiary/aromatic N) is 1. The predicted molar refractivity (Wildman–Crippen MR) is 42.5 cm³/mol. The zero-order valence-corrected chi connectivity index (χ0v) is 6.57. The van der Waals surface area contributed by atoms with Gasteiger partial charge in [0, 0.05) is 6.07 Å². The number of hydrogen-bond donors (Lipinski definition) is 1. The molecule has 1 aromatic carbocycles. The van der Waals surface area contributed by atoms with E-state index >= 15 is 0 Å². The molecule has 0 heterocycles. The quantitative estimate of drug-likeness (QED) is 0.657.